The summed E-state index contributed by atoms with van der Waals surface area (Å²) in [5, 5.41) is 3.40. The highest BCUT2D eigenvalue weighted by Gasteiger charge is 2.05. The highest BCUT2D eigenvalue weighted by molar-refractivity contribution is 5.30. The first kappa shape index (κ1) is 14.0. The number of hydrogen-bond acceptors (Lipinski definition) is 3. The van der Waals surface area contributed by atoms with Gasteiger partial charge in [0.15, 0.2) is 0 Å². The van der Waals surface area contributed by atoms with E-state index in [2.05, 4.69) is 31.3 Å². The normalized spacial score (nSPS) is 12.4. The van der Waals surface area contributed by atoms with Crippen molar-refractivity contribution in [2.75, 3.05) is 26.9 Å². The van der Waals surface area contributed by atoms with Gasteiger partial charge in [-0.3, -0.25) is 0 Å². The van der Waals surface area contributed by atoms with Crippen molar-refractivity contribution in [3.05, 3.63) is 29.8 Å². The molecule has 0 aliphatic heterocycles. The molecule has 1 rings (SSSR count). The lowest BCUT2D eigenvalue weighted by molar-refractivity contribution is 0.196. The van der Waals surface area contributed by atoms with Gasteiger partial charge in [0, 0.05) is 19.7 Å². The van der Waals surface area contributed by atoms with E-state index < -0.39 is 0 Å². The minimum atomic E-state index is 0.315. The van der Waals surface area contributed by atoms with Crippen molar-refractivity contribution >= 4 is 0 Å². The molecule has 96 valence electrons. The average molecular weight is 237 g/mol. The van der Waals surface area contributed by atoms with Crippen LogP contribution in [0.25, 0.3) is 0 Å². The van der Waals surface area contributed by atoms with E-state index in [9.17, 15) is 0 Å². The molecule has 0 aliphatic carbocycles. The molecule has 3 heteroatoms. The first-order valence-corrected chi connectivity index (χ1v) is 6.23. The molecule has 0 spiro atoms. The van der Waals surface area contributed by atoms with Gasteiger partial charge in [0.05, 0.1) is 13.2 Å². The van der Waals surface area contributed by atoms with Crippen LogP contribution in [0.2, 0.25) is 0 Å². The summed E-state index contributed by atoms with van der Waals surface area (Å²) in [6.45, 7) is 6.62. The second-order valence-corrected chi connectivity index (χ2v) is 4.09. The smallest absolute Gasteiger partial charge is 0.119 e. The molecule has 0 heterocycles. The van der Waals surface area contributed by atoms with Crippen molar-refractivity contribution < 1.29 is 9.47 Å². The maximum Gasteiger partial charge on any atom is 0.119 e. The summed E-state index contributed by atoms with van der Waals surface area (Å²) in [6.07, 6.45) is 1.03. The lowest BCUT2D eigenvalue weighted by Crippen LogP contribution is -2.22. The fourth-order valence-electron chi connectivity index (χ4n) is 1.59. The summed E-state index contributed by atoms with van der Waals surface area (Å²) in [6, 6.07) is 8.56. The SMILES string of the molecule is CCCOc1cccc(C(C)NCCOC)c1. The Kier molecular flexibility index (Phi) is 6.67. The van der Waals surface area contributed by atoms with Crippen molar-refractivity contribution in [2.45, 2.75) is 26.3 Å². The van der Waals surface area contributed by atoms with Crippen LogP contribution in [0.5, 0.6) is 5.75 Å². The van der Waals surface area contributed by atoms with Gasteiger partial charge in [-0.2, -0.15) is 0 Å². The fourth-order valence-corrected chi connectivity index (χ4v) is 1.59. The maximum atomic E-state index is 5.62. The van der Waals surface area contributed by atoms with Gasteiger partial charge >= 0.3 is 0 Å². The van der Waals surface area contributed by atoms with Crippen LogP contribution in [0.15, 0.2) is 24.3 Å². The molecule has 0 aliphatic rings. The Labute approximate surface area is 104 Å². The predicted octanol–water partition coefficient (Wildman–Crippen LogP) is 2.77. The first-order valence-electron chi connectivity index (χ1n) is 6.23. The third kappa shape index (κ3) is 5.20. The predicted molar refractivity (Wildman–Crippen MR) is 70.5 cm³/mol. The number of nitrogens with one attached hydrogen (secondary N) is 1. The molecular formula is C14H23NO2. The lowest BCUT2D eigenvalue weighted by atomic mass is 10.1. The number of benzene rings is 1. The molecule has 0 amide bonds. The van der Waals surface area contributed by atoms with Gasteiger partial charge in [-0.15, -0.1) is 0 Å². The Morgan fingerprint density at radius 3 is 2.82 bits per heavy atom. The van der Waals surface area contributed by atoms with Crippen LogP contribution in [0, 0.1) is 0 Å². The third-order valence-corrected chi connectivity index (χ3v) is 2.59. The van der Waals surface area contributed by atoms with Crippen LogP contribution >= 0.6 is 0 Å². The molecule has 1 aromatic rings. The van der Waals surface area contributed by atoms with E-state index in [1.807, 2.05) is 12.1 Å². The molecule has 3 nitrogen and oxygen atoms in total. The number of ether oxygens (including phenoxy) is 2. The highest BCUT2D eigenvalue weighted by atomic mass is 16.5. The van der Waals surface area contributed by atoms with E-state index in [-0.39, 0.29) is 0 Å². The molecule has 0 saturated heterocycles. The van der Waals surface area contributed by atoms with E-state index in [1.54, 1.807) is 7.11 Å². The minimum Gasteiger partial charge on any atom is -0.494 e. The van der Waals surface area contributed by atoms with Crippen molar-refractivity contribution in [3.8, 4) is 5.75 Å². The van der Waals surface area contributed by atoms with Crippen molar-refractivity contribution in [2.24, 2.45) is 0 Å². The third-order valence-electron chi connectivity index (χ3n) is 2.59. The summed E-state index contributed by atoms with van der Waals surface area (Å²) < 4.78 is 10.6. The molecule has 0 bridgehead atoms. The van der Waals surface area contributed by atoms with Crippen LogP contribution in [0.3, 0.4) is 0 Å². The summed E-state index contributed by atoms with van der Waals surface area (Å²) in [7, 11) is 1.71. The first-order chi connectivity index (χ1) is 8.27. The quantitative estimate of drug-likeness (QED) is 0.705. The highest BCUT2D eigenvalue weighted by Crippen LogP contribution is 2.19. The Morgan fingerprint density at radius 1 is 1.29 bits per heavy atom. The van der Waals surface area contributed by atoms with Crippen LogP contribution in [0.4, 0.5) is 0 Å². The largest absolute Gasteiger partial charge is 0.494 e. The molecule has 1 aromatic carbocycles. The second kappa shape index (κ2) is 8.09. The zero-order valence-corrected chi connectivity index (χ0v) is 11.0. The summed E-state index contributed by atoms with van der Waals surface area (Å²) >= 11 is 0. The Balaban J connectivity index is 2.51. The van der Waals surface area contributed by atoms with Gasteiger partial charge in [-0.05, 0) is 31.0 Å². The minimum absolute atomic E-state index is 0.315. The lowest BCUT2D eigenvalue weighted by Gasteiger charge is -2.15. The van der Waals surface area contributed by atoms with E-state index in [1.165, 1.54) is 5.56 Å². The summed E-state index contributed by atoms with van der Waals surface area (Å²) in [4.78, 5) is 0. The molecule has 17 heavy (non-hydrogen) atoms. The van der Waals surface area contributed by atoms with Gasteiger partial charge in [-0.1, -0.05) is 19.1 Å². The monoisotopic (exact) mass is 237 g/mol. The van der Waals surface area contributed by atoms with E-state index >= 15 is 0 Å². The molecule has 1 atom stereocenters. The topological polar surface area (TPSA) is 30.5 Å². The van der Waals surface area contributed by atoms with Gasteiger partial charge in [0.1, 0.15) is 5.75 Å². The average Bonchev–Trinajstić information content (AvgIpc) is 2.37. The zero-order chi connectivity index (χ0) is 12.5. The fraction of sp³-hybridized carbons (Fsp3) is 0.571. The van der Waals surface area contributed by atoms with Gasteiger partial charge < -0.3 is 14.8 Å². The maximum absolute atomic E-state index is 5.62. The standard InChI is InChI=1S/C14H23NO2/c1-4-9-17-14-7-5-6-13(11-14)12(2)15-8-10-16-3/h5-7,11-12,15H,4,8-10H2,1-3H3. The van der Waals surface area contributed by atoms with Crippen molar-refractivity contribution in [1.29, 1.82) is 0 Å². The van der Waals surface area contributed by atoms with Crippen molar-refractivity contribution in [3.63, 3.8) is 0 Å². The van der Waals surface area contributed by atoms with Crippen LogP contribution in [0.1, 0.15) is 31.9 Å². The van der Waals surface area contributed by atoms with E-state index in [0.29, 0.717) is 6.04 Å². The Morgan fingerprint density at radius 2 is 2.12 bits per heavy atom. The van der Waals surface area contributed by atoms with Gasteiger partial charge in [0.2, 0.25) is 0 Å². The van der Waals surface area contributed by atoms with Gasteiger partial charge in [0.25, 0.3) is 0 Å². The van der Waals surface area contributed by atoms with E-state index in [0.717, 1.165) is 31.9 Å². The number of methoxy groups -OCH3 is 1. The number of hydrogen-bond donors (Lipinski definition) is 1. The molecule has 1 unspecified atom stereocenters. The summed E-state index contributed by atoms with van der Waals surface area (Å²) in [5.41, 5.74) is 1.25. The van der Waals surface area contributed by atoms with E-state index in [4.69, 9.17) is 9.47 Å². The van der Waals surface area contributed by atoms with Crippen molar-refractivity contribution in [1.82, 2.24) is 5.32 Å². The van der Waals surface area contributed by atoms with Gasteiger partial charge in [-0.25, -0.2) is 0 Å². The molecule has 0 aromatic heterocycles. The number of rotatable bonds is 8. The zero-order valence-electron chi connectivity index (χ0n) is 11.0. The Hall–Kier alpha value is -1.06. The van der Waals surface area contributed by atoms with Crippen LogP contribution in [-0.2, 0) is 4.74 Å². The van der Waals surface area contributed by atoms with Crippen LogP contribution in [-0.4, -0.2) is 26.9 Å². The molecule has 0 radical (unpaired) electrons. The molecule has 1 N–H and O–H groups in total. The Bertz CT molecular complexity index is 315. The molecule has 0 saturated carbocycles. The molecule has 0 fully saturated rings. The molecular weight excluding hydrogens is 214 g/mol. The summed E-state index contributed by atoms with van der Waals surface area (Å²) in [5.74, 6) is 0.949. The van der Waals surface area contributed by atoms with Crippen LogP contribution < -0.4 is 10.1 Å². The second-order valence-electron chi connectivity index (χ2n) is 4.09.